The maximum Gasteiger partial charge on any atom is 0.0950 e. The summed E-state index contributed by atoms with van der Waals surface area (Å²) in [6.07, 6.45) is 3.07. The van der Waals surface area contributed by atoms with Crippen molar-refractivity contribution in [2.45, 2.75) is 18.2 Å². The van der Waals surface area contributed by atoms with E-state index in [1.165, 1.54) is 17.5 Å². The van der Waals surface area contributed by atoms with E-state index in [2.05, 4.69) is 50.1 Å². The third-order valence-corrected chi connectivity index (χ3v) is 5.03. The molecule has 1 aliphatic rings. The van der Waals surface area contributed by atoms with Crippen molar-refractivity contribution >= 4 is 32.5 Å². The number of alkyl halides is 1. The van der Waals surface area contributed by atoms with Crippen molar-refractivity contribution < 1.29 is 0 Å². The Hall–Kier alpha value is -1.16. The van der Waals surface area contributed by atoms with Crippen LogP contribution in [0.15, 0.2) is 30.5 Å². The lowest BCUT2D eigenvalue weighted by Gasteiger charge is -2.36. The topological polar surface area (TPSA) is 29.0 Å². The zero-order valence-electron chi connectivity index (χ0n) is 10.4. The number of hydrogen-bond donors (Lipinski definition) is 0. The van der Waals surface area contributed by atoms with Crippen LogP contribution in [0.1, 0.15) is 13.3 Å². The van der Waals surface area contributed by atoms with Gasteiger partial charge < -0.3 is 4.90 Å². The summed E-state index contributed by atoms with van der Waals surface area (Å²) in [4.78, 5) is 3.06. The van der Waals surface area contributed by atoms with Gasteiger partial charge in [0, 0.05) is 23.3 Å². The number of piperidine rings is 1. The summed E-state index contributed by atoms with van der Waals surface area (Å²) in [6.45, 7) is 4.45. The SMILES string of the molecule is CC1CN(c2cnnc3ccccc23)CCC1Br. The maximum absolute atomic E-state index is 4.18. The Morgan fingerprint density at radius 1 is 1.33 bits per heavy atom. The molecular formula is C14H16BrN3. The summed E-state index contributed by atoms with van der Waals surface area (Å²) < 4.78 is 0. The molecule has 0 bridgehead atoms. The Bertz CT molecular complexity index is 552. The Morgan fingerprint density at radius 3 is 3.00 bits per heavy atom. The number of fused-ring (bicyclic) bond motifs is 1. The standard InChI is InChI=1S/C14H16BrN3/c1-10-9-18(7-6-12(10)15)14-8-16-17-13-5-3-2-4-11(13)14/h2-5,8,10,12H,6-7,9H2,1H3. The lowest BCUT2D eigenvalue weighted by atomic mass is 9.99. The molecule has 2 aromatic rings. The first kappa shape index (κ1) is 11.9. The summed E-state index contributed by atoms with van der Waals surface area (Å²) in [6, 6.07) is 8.22. The Kier molecular flexibility index (Phi) is 3.20. The van der Waals surface area contributed by atoms with Gasteiger partial charge in [-0.3, -0.25) is 0 Å². The molecule has 0 saturated carbocycles. The highest BCUT2D eigenvalue weighted by atomic mass is 79.9. The van der Waals surface area contributed by atoms with Crippen LogP contribution in [-0.4, -0.2) is 28.1 Å². The Labute approximate surface area is 115 Å². The van der Waals surface area contributed by atoms with Crippen molar-refractivity contribution in [2.24, 2.45) is 5.92 Å². The monoisotopic (exact) mass is 305 g/mol. The number of rotatable bonds is 1. The van der Waals surface area contributed by atoms with E-state index in [1.54, 1.807) is 0 Å². The number of benzene rings is 1. The minimum absolute atomic E-state index is 0.634. The van der Waals surface area contributed by atoms with Crippen LogP contribution in [0.3, 0.4) is 0 Å². The number of nitrogens with zero attached hydrogens (tertiary/aromatic N) is 3. The van der Waals surface area contributed by atoms with Crippen LogP contribution in [0, 0.1) is 5.92 Å². The molecule has 2 atom stereocenters. The molecule has 1 saturated heterocycles. The molecular weight excluding hydrogens is 290 g/mol. The predicted octanol–water partition coefficient (Wildman–Crippen LogP) is 3.24. The quantitative estimate of drug-likeness (QED) is 0.757. The van der Waals surface area contributed by atoms with Crippen molar-refractivity contribution in [3.8, 4) is 0 Å². The second-order valence-electron chi connectivity index (χ2n) is 4.97. The van der Waals surface area contributed by atoms with Gasteiger partial charge in [-0.1, -0.05) is 41.1 Å². The molecule has 2 unspecified atom stereocenters. The predicted molar refractivity (Wildman–Crippen MR) is 78.2 cm³/mol. The van der Waals surface area contributed by atoms with Crippen LogP contribution >= 0.6 is 15.9 Å². The molecule has 1 aliphatic heterocycles. The van der Waals surface area contributed by atoms with Crippen LogP contribution in [-0.2, 0) is 0 Å². The molecule has 1 aromatic carbocycles. The summed E-state index contributed by atoms with van der Waals surface area (Å²) in [7, 11) is 0. The largest absolute Gasteiger partial charge is 0.369 e. The fourth-order valence-electron chi connectivity index (χ4n) is 2.58. The minimum atomic E-state index is 0.634. The van der Waals surface area contributed by atoms with E-state index in [0.29, 0.717) is 10.7 Å². The average Bonchev–Trinajstić information content (AvgIpc) is 2.41. The average molecular weight is 306 g/mol. The molecule has 2 heterocycles. The van der Waals surface area contributed by atoms with Crippen LogP contribution in [0.25, 0.3) is 10.9 Å². The van der Waals surface area contributed by atoms with Gasteiger partial charge in [0.15, 0.2) is 0 Å². The molecule has 1 aromatic heterocycles. The fraction of sp³-hybridized carbons (Fsp3) is 0.429. The van der Waals surface area contributed by atoms with Crippen LogP contribution in [0.5, 0.6) is 0 Å². The van der Waals surface area contributed by atoms with Gasteiger partial charge in [-0.25, -0.2) is 0 Å². The first-order valence-electron chi connectivity index (χ1n) is 6.35. The van der Waals surface area contributed by atoms with Gasteiger partial charge in [0.2, 0.25) is 0 Å². The summed E-state index contributed by atoms with van der Waals surface area (Å²) >= 11 is 3.75. The smallest absolute Gasteiger partial charge is 0.0950 e. The third-order valence-electron chi connectivity index (χ3n) is 3.67. The van der Waals surface area contributed by atoms with Gasteiger partial charge in [0.1, 0.15) is 0 Å². The molecule has 3 nitrogen and oxygen atoms in total. The molecule has 0 aliphatic carbocycles. The fourth-order valence-corrected chi connectivity index (χ4v) is 2.95. The number of aromatic nitrogens is 2. The van der Waals surface area contributed by atoms with E-state index >= 15 is 0 Å². The zero-order chi connectivity index (χ0) is 12.5. The van der Waals surface area contributed by atoms with Crippen LogP contribution < -0.4 is 4.90 Å². The van der Waals surface area contributed by atoms with E-state index in [0.717, 1.165) is 18.6 Å². The number of hydrogen-bond acceptors (Lipinski definition) is 3. The molecule has 0 spiro atoms. The first-order valence-corrected chi connectivity index (χ1v) is 7.26. The van der Waals surface area contributed by atoms with Gasteiger partial charge in [0.25, 0.3) is 0 Å². The van der Waals surface area contributed by atoms with Crippen LogP contribution in [0.4, 0.5) is 5.69 Å². The van der Waals surface area contributed by atoms with Gasteiger partial charge in [-0.05, 0) is 18.4 Å². The number of halogens is 1. The molecule has 18 heavy (non-hydrogen) atoms. The second-order valence-corrected chi connectivity index (χ2v) is 6.15. The van der Waals surface area contributed by atoms with E-state index in [1.807, 2.05) is 18.3 Å². The Morgan fingerprint density at radius 2 is 2.17 bits per heavy atom. The lowest BCUT2D eigenvalue weighted by Crippen LogP contribution is -2.39. The lowest BCUT2D eigenvalue weighted by molar-refractivity contribution is 0.466. The van der Waals surface area contributed by atoms with Crippen molar-refractivity contribution in [1.82, 2.24) is 10.2 Å². The molecule has 0 amide bonds. The normalized spacial score (nSPS) is 24.4. The molecule has 0 N–H and O–H groups in total. The third kappa shape index (κ3) is 2.09. The van der Waals surface area contributed by atoms with E-state index < -0.39 is 0 Å². The van der Waals surface area contributed by atoms with E-state index in [4.69, 9.17) is 0 Å². The van der Waals surface area contributed by atoms with Crippen molar-refractivity contribution in [3.05, 3.63) is 30.5 Å². The minimum Gasteiger partial charge on any atom is -0.369 e. The van der Waals surface area contributed by atoms with Gasteiger partial charge in [0.05, 0.1) is 17.4 Å². The maximum atomic E-state index is 4.18. The molecule has 0 radical (unpaired) electrons. The first-order chi connectivity index (χ1) is 8.75. The van der Waals surface area contributed by atoms with Gasteiger partial charge in [-0.2, -0.15) is 10.2 Å². The second kappa shape index (κ2) is 4.84. The van der Waals surface area contributed by atoms with Crippen molar-refractivity contribution in [3.63, 3.8) is 0 Å². The molecule has 3 rings (SSSR count). The molecule has 94 valence electrons. The Balaban J connectivity index is 1.99. The summed E-state index contributed by atoms with van der Waals surface area (Å²) in [5.74, 6) is 0.658. The summed E-state index contributed by atoms with van der Waals surface area (Å²) in [5.41, 5.74) is 2.19. The molecule has 1 fully saturated rings. The van der Waals surface area contributed by atoms with E-state index in [9.17, 15) is 0 Å². The van der Waals surface area contributed by atoms with Crippen LogP contribution in [0.2, 0.25) is 0 Å². The van der Waals surface area contributed by atoms with E-state index in [-0.39, 0.29) is 0 Å². The number of anilines is 1. The van der Waals surface area contributed by atoms with Gasteiger partial charge in [-0.15, -0.1) is 0 Å². The summed E-state index contributed by atoms with van der Waals surface area (Å²) in [5, 5.41) is 9.52. The van der Waals surface area contributed by atoms with Gasteiger partial charge >= 0.3 is 0 Å². The van der Waals surface area contributed by atoms with Crippen molar-refractivity contribution in [1.29, 1.82) is 0 Å². The van der Waals surface area contributed by atoms with Crippen molar-refractivity contribution in [2.75, 3.05) is 18.0 Å². The highest BCUT2D eigenvalue weighted by Crippen LogP contribution is 2.30. The zero-order valence-corrected chi connectivity index (χ0v) is 12.0. The highest BCUT2D eigenvalue weighted by molar-refractivity contribution is 9.09. The molecule has 4 heteroatoms. The highest BCUT2D eigenvalue weighted by Gasteiger charge is 2.25.